The first-order valence-corrected chi connectivity index (χ1v) is 0. The van der Waals surface area contributed by atoms with Gasteiger partial charge in [0, 0.05) is 123 Å². The van der Waals surface area contributed by atoms with Gasteiger partial charge in [0.1, 0.15) is 0 Å². The molecule has 4 heavy (non-hydrogen) atoms. The molecule has 0 unspecified atom stereocenters. The van der Waals surface area contributed by atoms with Crippen molar-refractivity contribution in [2.45, 2.75) is 0 Å². The zero-order valence-electron chi connectivity index (χ0n) is 2.91. The Morgan fingerprint density at radius 1 is 1.00 bits per heavy atom. The Labute approximate surface area is 119 Å². The van der Waals surface area contributed by atoms with Gasteiger partial charge >= 0.3 is 0 Å². The molecule has 0 amide bonds. The van der Waals surface area contributed by atoms with Crippen molar-refractivity contribution in [1.29, 1.82) is 0 Å². The average molecular weight is 132 g/mol. The van der Waals surface area contributed by atoms with Crippen LogP contribution < -0.4 is 0 Å². The van der Waals surface area contributed by atoms with Crippen LogP contribution in [0.4, 0.5) is 0 Å². The van der Waals surface area contributed by atoms with Gasteiger partial charge in [0.05, 0.1) is 0 Å². The van der Waals surface area contributed by atoms with Crippen molar-refractivity contribution < 1.29 is 0 Å². The van der Waals surface area contributed by atoms with E-state index in [2.05, 4.69) is 0 Å². The summed E-state index contributed by atoms with van der Waals surface area (Å²) in [4.78, 5) is 0. The molecule has 4 heteroatoms. The Bertz CT molecular complexity index is 8.00. The molecule has 0 aromatic carbocycles. The van der Waals surface area contributed by atoms with Gasteiger partial charge in [-0.1, -0.05) is 0 Å². The largest absolute Gasteiger partial charge is 0 e. The fourth-order valence-electron chi connectivity index (χ4n) is 0. The Hall–Kier alpha value is 3.88. The van der Waals surface area contributed by atoms with Crippen LogP contribution in [0, 0.1) is 0 Å². The first-order valence-electron chi connectivity index (χ1n) is 0. The number of rotatable bonds is 0. The maximum absolute atomic E-state index is 0. The standard InChI is InChI=1S/Ca.K.Mg.Si. The van der Waals surface area contributed by atoms with Crippen LogP contribution in [0.15, 0.2) is 0 Å². The summed E-state index contributed by atoms with van der Waals surface area (Å²) in [5.41, 5.74) is 0. The van der Waals surface area contributed by atoms with Crippen molar-refractivity contribution in [1.82, 2.24) is 0 Å². The summed E-state index contributed by atoms with van der Waals surface area (Å²) in [6, 6.07) is 0. The third-order valence-electron chi connectivity index (χ3n) is 0. The van der Waals surface area contributed by atoms with Gasteiger partial charge in [0.2, 0.25) is 0 Å². The normalized spacial score (nSPS) is 0. The second-order valence-corrected chi connectivity index (χ2v) is 0. The van der Waals surface area contributed by atoms with Crippen molar-refractivity contribution in [2.24, 2.45) is 0 Å². The molecule has 0 heterocycles. The predicted octanol–water partition coefficient (Wildman–Crippen LogP) is -1.52. The van der Waals surface area contributed by atoms with Crippen LogP contribution in [-0.2, 0) is 0 Å². The van der Waals surface area contributed by atoms with Crippen LogP contribution in [0.1, 0.15) is 0 Å². The first kappa shape index (κ1) is 24.8. The van der Waals surface area contributed by atoms with E-state index in [4.69, 9.17) is 0 Å². The second-order valence-electron chi connectivity index (χ2n) is 0. The summed E-state index contributed by atoms with van der Waals surface area (Å²) in [6.07, 6.45) is 0. The van der Waals surface area contributed by atoms with Crippen molar-refractivity contribution in [2.75, 3.05) is 0 Å². The zero-order chi connectivity index (χ0) is 0. The summed E-state index contributed by atoms with van der Waals surface area (Å²) >= 11 is 0. The van der Waals surface area contributed by atoms with Crippen LogP contribution in [0.25, 0.3) is 0 Å². The molecule has 9 valence electrons. The molecule has 0 N–H and O–H groups in total. The zero-order valence-corrected chi connectivity index (χ0v) is 10.7. The summed E-state index contributed by atoms with van der Waals surface area (Å²) in [7, 11) is 0. The smallest absolute Gasteiger partial charge is 0 e. The van der Waals surface area contributed by atoms with Gasteiger partial charge < -0.3 is 0 Å². The third-order valence-corrected chi connectivity index (χ3v) is 0. The van der Waals surface area contributed by atoms with Gasteiger partial charge in [0.15, 0.2) is 0 Å². The van der Waals surface area contributed by atoms with Gasteiger partial charge in [0.25, 0.3) is 0 Å². The minimum Gasteiger partial charge on any atom is 0 e. The van der Waals surface area contributed by atoms with Gasteiger partial charge in [-0.15, -0.1) is 0 Å². The number of hydrogen-bond acceptors (Lipinski definition) is 0. The summed E-state index contributed by atoms with van der Waals surface area (Å²) < 4.78 is 0. The Morgan fingerprint density at radius 3 is 1.00 bits per heavy atom. The third kappa shape index (κ3) is 9.30. The van der Waals surface area contributed by atoms with Crippen molar-refractivity contribution >= 4 is 123 Å². The van der Waals surface area contributed by atoms with Crippen LogP contribution in [-0.4, -0.2) is 123 Å². The van der Waals surface area contributed by atoms with E-state index in [1.54, 1.807) is 0 Å². The van der Waals surface area contributed by atoms with E-state index in [0.29, 0.717) is 0 Å². The topological polar surface area (TPSA) is 0 Å². The molecule has 0 fully saturated rings. The molecular weight excluding hydrogens is 132 g/mol. The predicted molar refractivity (Wildman–Crippen MR) is 23.0 cm³/mol. The molecule has 0 aromatic heterocycles. The van der Waals surface area contributed by atoms with Gasteiger partial charge in [-0.3, -0.25) is 0 Å². The van der Waals surface area contributed by atoms with Gasteiger partial charge in [-0.2, -0.15) is 0 Å². The Kier molecular flexibility index (Phi) is 97.9. The van der Waals surface area contributed by atoms with Crippen LogP contribution in [0.2, 0.25) is 0 Å². The van der Waals surface area contributed by atoms with Crippen molar-refractivity contribution in [3.8, 4) is 0 Å². The fourth-order valence-corrected chi connectivity index (χ4v) is 0. The molecule has 9 radical (unpaired) electrons. The molecule has 0 aliphatic rings. The summed E-state index contributed by atoms with van der Waals surface area (Å²) in [6.45, 7) is 0. The van der Waals surface area contributed by atoms with Crippen LogP contribution >= 0.6 is 0 Å². The average Bonchev–Trinajstić information content (AvgIpc) is 0. The van der Waals surface area contributed by atoms with Crippen molar-refractivity contribution in [3.05, 3.63) is 0 Å². The van der Waals surface area contributed by atoms with E-state index in [-0.39, 0.29) is 123 Å². The van der Waals surface area contributed by atoms with E-state index in [1.807, 2.05) is 0 Å². The molecule has 0 aliphatic heterocycles. The van der Waals surface area contributed by atoms with E-state index in [1.165, 1.54) is 0 Å². The first-order chi connectivity index (χ1) is 0. The molecule has 0 rings (SSSR count). The van der Waals surface area contributed by atoms with Crippen LogP contribution in [0.3, 0.4) is 0 Å². The molecule has 0 nitrogen and oxygen atoms in total. The quantitative estimate of drug-likeness (QED) is 0.350. The van der Waals surface area contributed by atoms with Gasteiger partial charge in [-0.25, -0.2) is 0 Å². The SMILES string of the molecule is [Ca].[K].[Mg].[Si]. The van der Waals surface area contributed by atoms with E-state index < -0.39 is 0 Å². The molecular formula is CaKMgSi. The summed E-state index contributed by atoms with van der Waals surface area (Å²) in [5, 5.41) is 0. The molecule has 0 bridgehead atoms. The summed E-state index contributed by atoms with van der Waals surface area (Å²) in [5.74, 6) is 0. The van der Waals surface area contributed by atoms with E-state index in [0.717, 1.165) is 0 Å². The minimum absolute atomic E-state index is 0. The molecule has 0 saturated heterocycles. The van der Waals surface area contributed by atoms with Crippen LogP contribution in [0.5, 0.6) is 0 Å². The van der Waals surface area contributed by atoms with E-state index >= 15 is 0 Å². The van der Waals surface area contributed by atoms with E-state index in [9.17, 15) is 0 Å². The monoisotopic (exact) mass is 131 g/mol. The number of hydrogen-bond donors (Lipinski definition) is 0. The Balaban J connectivity index is 0. The second kappa shape index (κ2) is 15.8. The Morgan fingerprint density at radius 2 is 1.00 bits per heavy atom. The molecule has 0 atom stereocenters. The molecule has 0 saturated carbocycles. The fraction of sp³-hybridized carbons (Fsp3) is 0. The maximum Gasteiger partial charge on any atom is 0 e. The maximum atomic E-state index is 0. The van der Waals surface area contributed by atoms with Gasteiger partial charge in [-0.05, 0) is 0 Å². The van der Waals surface area contributed by atoms with Crippen molar-refractivity contribution in [3.63, 3.8) is 0 Å². The molecule has 0 aliphatic carbocycles. The molecule has 0 aromatic rings. The molecule has 0 spiro atoms. The minimum atomic E-state index is 0.